The summed E-state index contributed by atoms with van der Waals surface area (Å²) < 4.78 is 10.7. The number of rotatable bonds is 6. The molecule has 1 atom stereocenters. The average Bonchev–Trinajstić information content (AvgIpc) is 3.08. The smallest absolute Gasteiger partial charge is 0.349 e. The van der Waals surface area contributed by atoms with E-state index in [0.717, 1.165) is 0 Å². The van der Waals surface area contributed by atoms with Gasteiger partial charge in [0.2, 0.25) is 0 Å². The number of nitriles is 1. The monoisotopic (exact) mass is 340 g/mol. The van der Waals surface area contributed by atoms with Crippen molar-refractivity contribution in [1.82, 2.24) is 0 Å². The zero-order valence-corrected chi connectivity index (χ0v) is 13.8. The molecule has 0 fully saturated rings. The number of nitrogens with zero attached hydrogens (tertiary/aromatic N) is 2. The van der Waals surface area contributed by atoms with E-state index in [2.05, 4.69) is 0 Å². The van der Waals surface area contributed by atoms with E-state index in [1.54, 1.807) is 37.3 Å². The highest BCUT2D eigenvalue weighted by molar-refractivity contribution is 5.97. The summed E-state index contributed by atoms with van der Waals surface area (Å²) in [7, 11) is 0. The molecule has 0 saturated heterocycles. The summed E-state index contributed by atoms with van der Waals surface area (Å²) in [4.78, 5) is 22.3. The molecule has 7 nitrogen and oxygen atoms in total. The molecule has 0 bridgehead atoms. The molecule has 0 aliphatic rings. The van der Waals surface area contributed by atoms with Gasteiger partial charge in [-0.05, 0) is 25.5 Å². The van der Waals surface area contributed by atoms with Crippen molar-refractivity contribution in [1.29, 1.82) is 5.26 Å². The summed E-state index contributed by atoms with van der Waals surface area (Å²) in [5, 5.41) is 20.0. The third-order valence-corrected chi connectivity index (χ3v) is 3.48. The molecule has 0 saturated carbocycles. The maximum Gasteiger partial charge on any atom is 0.349 e. The Hall–Kier alpha value is -3.40. The van der Waals surface area contributed by atoms with Gasteiger partial charge in [-0.15, -0.1) is 0 Å². The van der Waals surface area contributed by atoms with Crippen LogP contribution in [0.4, 0.5) is 5.69 Å². The van der Waals surface area contributed by atoms with Crippen LogP contribution in [0.2, 0.25) is 0 Å². The number of benzene rings is 1. The lowest BCUT2D eigenvalue weighted by Crippen LogP contribution is -2.15. The standard InChI is InChI=1S/C18H16N2O5/c1-3-12(2)24-18(21)14(11-19)10-16-7-8-17(25-16)13-5-4-6-15(9-13)20(22)23/h4-10,12H,3H2,1-2H3/b14-10+. The Morgan fingerprint density at radius 1 is 1.44 bits per heavy atom. The largest absolute Gasteiger partial charge is 0.459 e. The molecule has 25 heavy (non-hydrogen) atoms. The summed E-state index contributed by atoms with van der Waals surface area (Å²) in [5.74, 6) is -0.0492. The Kier molecular flexibility index (Phi) is 5.69. The van der Waals surface area contributed by atoms with Crippen molar-refractivity contribution in [3.63, 3.8) is 0 Å². The molecule has 7 heteroatoms. The molecular weight excluding hydrogens is 324 g/mol. The number of furan rings is 1. The molecular formula is C18H16N2O5. The first-order chi connectivity index (χ1) is 11.9. The molecule has 1 aromatic carbocycles. The Morgan fingerprint density at radius 2 is 2.20 bits per heavy atom. The second-order valence-electron chi connectivity index (χ2n) is 5.30. The zero-order valence-electron chi connectivity index (χ0n) is 13.8. The van der Waals surface area contributed by atoms with Crippen LogP contribution in [-0.2, 0) is 9.53 Å². The molecule has 0 spiro atoms. The second kappa shape index (κ2) is 7.93. The van der Waals surface area contributed by atoms with Crippen LogP contribution in [0.15, 0.2) is 46.4 Å². The summed E-state index contributed by atoms with van der Waals surface area (Å²) in [6.07, 6.45) is 1.63. The summed E-state index contributed by atoms with van der Waals surface area (Å²) >= 11 is 0. The van der Waals surface area contributed by atoms with Gasteiger partial charge in [0.05, 0.1) is 11.0 Å². The van der Waals surface area contributed by atoms with Crippen LogP contribution in [0.1, 0.15) is 26.0 Å². The van der Waals surface area contributed by atoms with Crippen LogP contribution >= 0.6 is 0 Å². The molecule has 2 rings (SSSR count). The van der Waals surface area contributed by atoms with Gasteiger partial charge in [0, 0.05) is 23.8 Å². The highest BCUT2D eigenvalue weighted by Gasteiger charge is 2.15. The number of hydrogen-bond acceptors (Lipinski definition) is 6. The lowest BCUT2D eigenvalue weighted by molar-refractivity contribution is -0.384. The van der Waals surface area contributed by atoms with Gasteiger partial charge in [-0.25, -0.2) is 4.79 Å². The van der Waals surface area contributed by atoms with E-state index in [0.29, 0.717) is 17.7 Å². The third-order valence-electron chi connectivity index (χ3n) is 3.48. The van der Waals surface area contributed by atoms with E-state index in [9.17, 15) is 14.9 Å². The fraction of sp³-hybridized carbons (Fsp3) is 0.222. The molecule has 1 aromatic heterocycles. The lowest BCUT2D eigenvalue weighted by atomic mass is 10.1. The first kappa shape index (κ1) is 17.9. The van der Waals surface area contributed by atoms with Crippen LogP contribution in [-0.4, -0.2) is 17.0 Å². The van der Waals surface area contributed by atoms with Crippen molar-refractivity contribution in [2.24, 2.45) is 0 Å². The zero-order chi connectivity index (χ0) is 18.4. The van der Waals surface area contributed by atoms with Gasteiger partial charge in [-0.2, -0.15) is 5.26 Å². The van der Waals surface area contributed by atoms with Crippen LogP contribution in [0.25, 0.3) is 17.4 Å². The van der Waals surface area contributed by atoms with Crippen molar-refractivity contribution in [2.75, 3.05) is 0 Å². The molecule has 0 radical (unpaired) electrons. The van der Waals surface area contributed by atoms with E-state index >= 15 is 0 Å². The van der Waals surface area contributed by atoms with E-state index in [4.69, 9.17) is 14.4 Å². The van der Waals surface area contributed by atoms with Crippen LogP contribution in [0, 0.1) is 21.4 Å². The number of carbonyl (C=O) groups is 1. The van der Waals surface area contributed by atoms with Crippen LogP contribution in [0.5, 0.6) is 0 Å². The Balaban J connectivity index is 2.25. The maximum atomic E-state index is 11.9. The van der Waals surface area contributed by atoms with Gasteiger partial charge in [-0.1, -0.05) is 19.1 Å². The number of non-ortho nitro benzene ring substituents is 1. The summed E-state index contributed by atoms with van der Waals surface area (Å²) in [5.41, 5.74) is 0.288. The molecule has 0 aliphatic carbocycles. The van der Waals surface area contributed by atoms with Crippen molar-refractivity contribution >= 4 is 17.7 Å². The van der Waals surface area contributed by atoms with E-state index in [1.165, 1.54) is 18.2 Å². The number of esters is 1. The first-order valence-electron chi connectivity index (χ1n) is 7.62. The minimum atomic E-state index is -0.717. The van der Waals surface area contributed by atoms with Gasteiger partial charge in [0.15, 0.2) is 0 Å². The van der Waals surface area contributed by atoms with Crippen molar-refractivity contribution < 1.29 is 18.9 Å². The topological polar surface area (TPSA) is 106 Å². The highest BCUT2D eigenvalue weighted by atomic mass is 16.6. The molecule has 2 aromatic rings. The quantitative estimate of drug-likeness (QED) is 0.257. The number of ether oxygens (including phenoxy) is 1. The molecule has 0 N–H and O–H groups in total. The third kappa shape index (κ3) is 4.54. The van der Waals surface area contributed by atoms with E-state index in [-0.39, 0.29) is 23.1 Å². The minimum absolute atomic E-state index is 0.0548. The molecule has 0 aliphatic heterocycles. The number of nitro benzene ring substituents is 1. The molecule has 0 amide bonds. The van der Waals surface area contributed by atoms with Crippen molar-refractivity contribution in [2.45, 2.75) is 26.4 Å². The molecule has 128 valence electrons. The fourth-order valence-electron chi connectivity index (χ4n) is 1.97. The van der Waals surface area contributed by atoms with E-state index < -0.39 is 10.9 Å². The first-order valence-corrected chi connectivity index (χ1v) is 7.62. The highest BCUT2D eigenvalue weighted by Crippen LogP contribution is 2.26. The second-order valence-corrected chi connectivity index (χ2v) is 5.30. The predicted octanol–water partition coefficient (Wildman–Crippen LogP) is 4.10. The number of hydrogen-bond donors (Lipinski definition) is 0. The Morgan fingerprint density at radius 3 is 2.84 bits per heavy atom. The predicted molar refractivity (Wildman–Crippen MR) is 90.2 cm³/mol. The summed E-state index contributed by atoms with van der Waals surface area (Å²) in [6, 6.07) is 11.0. The van der Waals surface area contributed by atoms with Gasteiger partial charge < -0.3 is 9.15 Å². The van der Waals surface area contributed by atoms with E-state index in [1.807, 2.05) is 6.92 Å². The minimum Gasteiger partial charge on any atom is -0.459 e. The Bertz CT molecular complexity index is 860. The molecule has 1 heterocycles. The van der Waals surface area contributed by atoms with Crippen LogP contribution < -0.4 is 0 Å². The van der Waals surface area contributed by atoms with Crippen molar-refractivity contribution in [3.8, 4) is 17.4 Å². The molecule has 1 unspecified atom stereocenters. The normalized spacial score (nSPS) is 12.3. The average molecular weight is 340 g/mol. The summed E-state index contributed by atoms with van der Waals surface area (Å²) in [6.45, 7) is 3.60. The van der Waals surface area contributed by atoms with Crippen LogP contribution in [0.3, 0.4) is 0 Å². The number of carbonyl (C=O) groups excluding carboxylic acids is 1. The SMILES string of the molecule is CCC(C)OC(=O)/C(C#N)=C/c1ccc(-c2cccc([N+](=O)[O-])c2)o1. The van der Waals surface area contributed by atoms with Crippen molar-refractivity contribution in [3.05, 3.63) is 57.8 Å². The number of nitro groups is 1. The maximum absolute atomic E-state index is 11.9. The van der Waals surface area contributed by atoms with Gasteiger partial charge in [0.25, 0.3) is 5.69 Å². The van der Waals surface area contributed by atoms with Gasteiger partial charge in [0.1, 0.15) is 23.2 Å². The Labute approximate surface area is 144 Å². The lowest BCUT2D eigenvalue weighted by Gasteiger charge is -2.09. The fourth-order valence-corrected chi connectivity index (χ4v) is 1.97. The van der Waals surface area contributed by atoms with Gasteiger partial charge in [-0.3, -0.25) is 10.1 Å². The van der Waals surface area contributed by atoms with Gasteiger partial charge >= 0.3 is 5.97 Å².